The zero-order chi connectivity index (χ0) is 21.6. The van der Waals surface area contributed by atoms with Gasteiger partial charge in [-0.2, -0.15) is 0 Å². The van der Waals surface area contributed by atoms with Crippen LogP contribution in [0, 0.1) is 5.41 Å². The lowest BCUT2D eigenvalue weighted by Gasteiger charge is -2.35. The molecule has 1 N–H and O–H groups in total. The van der Waals surface area contributed by atoms with Crippen LogP contribution in [0.3, 0.4) is 0 Å². The van der Waals surface area contributed by atoms with Crippen LogP contribution in [0.25, 0.3) is 6.08 Å². The summed E-state index contributed by atoms with van der Waals surface area (Å²) in [4.78, 5) is 13.9. The molecule has 0 bridgehead atoms. The fraction of sp³-hybridized carbons (Fsp3) is 0.250. The summed E-state index contributed by atoms with van der Waals surface area (Å²) in [5, 5.41) is 11.6. The van der Waals surface area contributed by atoms with Gasteiger partial charge in [-0.25, -0.2) is 0 Å². The number of fused-ring (bicyclic) bond motifs is 2. The average molecular weight is 410 g/mol. The number of carbonyl (C=O) groups is 1. The molecule has 0 radical (unpaired) electrons. The summed E-state index contributed by atoms with van der Waals surface area (Å²) in [5.41, 5.74) is 7.59. The van der Waals surface area contributed by atoms with E-state index in [1.165, 1.54) is 22.3 Å². The quantitative estimate of drug-likeness (QED) is 0.669. The van der Waals surface area contributed by atoms with Crippen molar-refractivity contribution < 1.29 is 9.90 Å². The average Bonchev–Trinajstić information content (AvgIpc) is 3.34. The van der Waals surface area contributed by atoms with Gasteiger partial charge in [0.1, 0.15) is 0 Å². The van der Waals surface area contributed by atoms with Crippen molar-refractivity contribution in [1.29, 1.82) is 0 Å². The molecule has 0 aliphatic heterocycles. The molecule has 5 rings (SSSR count). The Morgan fingerprint density at radius 3 is 2.32 bits per heavy atom. The number of amides is 1. The van der Waals surface area contributed by atoms with E-state index in [1.54, 1.807) is 19.0 Å². The van der Waals surface area contributed by atoms with Gasteiger partial charge in [0.05, 0.1) is 6.10 Å². The predicted octanol–water partition coefficient (Wildman–Crippen LogP) is 4.85. The zero-order valence-electron chi connectivity index (χ0n) is 18.0. The molecule has 0 saturated carbocycles. The molecule has 3 nitrogen and oxygen atoms in total. The summed E-state index contributed by atoms with van der Waals surface area (Å²) in [5.74, 6) is 0.00326. The van der Waals surface area contributed by atoms with E-state index in [4.69, 9.17) is 0 Å². The van der Waals surface area contributed by atoms with Crippen molar-refractivity contribution in [2.45, 2.75) is 25.4 Å². The molecular formula is C28H27NO2. The van der Waals surface area contributed by atoms with Crippen LogP contribution >= 0.6 is 0 Å². The van der Waals surface area contributed by atoms with Crippen LogP contribution in [-0.4, -0.2) is 30.0 Å². The van der Waals surface area contributed by atoms with Crippen LogP contribution in [0.5, 0.6) is 0 Å². The Labute approximate surface area is 183 Å². The maximum atomic E-state index is 12.3. The molecule has 2 atom stereocenters. The number of aliphatic hydroxyl groups excluding tert-OH is 1. The molecule has 3 aromatic rings. The highest BCUT2D eigenvalue weighted by Crippen LogP contribution is 2.54. The normalized spacial score (nSPS) is 21.4. The molecule has 0 saturated heterocycles. The second kappa shape index (κ2) is 7.51. The van der Waals surface area contributed by atoms with Crippen molar-refractivity contribution in [3.63, 3.8) is 0 Å². The number of nitrogens with zero attached hydrogens (tertiary/aromatic N) is 1. The van der Waals surface area contributed by atoms with Crippen molar-refractivity contribution in [1.82, 2.24) is 4.90 Å². The van der Waals surface area contributed by atoms with Crippen molar-refractivity contribution in [3.05, 3.63) is 112 Å². The number of carbonyl (C=O) groups excluding carboxylic acids is 1. The Morgan fingerprint density at radius 1 is 0.968 bits per heavy atom. The fourth-order valence-corrected chi connectivity index (χ4v) is 5.25. The van der Waals surface area contributed by atoms with Crippen molar-refractivity contribution in [2.75, 3.05) is 14.1 Å². The minimum atomic E-state index is -0.549. The van der Waals surface area contributed by atoms with Crippen LogP contribution in [0.4, 0.5) is 0 Å². The Morgan fingerprint density at radius 2 is 1.65 bits per heavy atom. The van der Waals surface area contributed by atoms with E-state index in [1.807, 2.05) is 30.3 Å². The third-order valence-corrected chi connectivity index (χ3v) is 6.91. The van der Waals surface area contributed by atoms with Crippen LogP contribution in [-0.2, 0) is 19.3 Å². The summed E-state index contributed by atoms with van der Waals surface area (Å²) in [7, 11) is 3.53. The molecule has 0 spiro atoms. The molecule has 3 heteroatoms. The summed E-state index contributed by atoms with van der Waals surface area (Å²) in [6.07, 6.45) is 4.17. The first kappa shape index (κ1) is 19.8. The molecule has 31 heavy (non-hydrogen) atoms. The lowest BCUT2D eigenvalue weighted by atomic mass is 9.70. The van der Waals surface area contributed by atoms with Crippen molar-refractivity contribution >= 4 is 12.0 Å². The summed E-state index contributed by atoms with van der Waals surface area (Å²) < 4.78 is 0. The molecule has 0 aromatic heterocycles. The Balaban J connectivity index is 1.53. The first-order chi connectivity index (χ1) is 15.0. The van der Waals surface area contributed by atoms with E-state index >= 15 is 0 Å². The second-order valence-electron chi connectivity index (χ2n) is 9.05. The van der Waals surface area contributed by atoms with Crippen molar-refractivity contribution in [3.8, 4) is 0 Å². The van der Waals surface area contributed by atoms with E-state index in [0.717, 1.165) is 30.4 Å². The monoisotopic (exact) mass is 409 g/mol. The van der Waals surface area contributed by atoms with Gasteiger partial charge >= 0.3 is 0 Å². The molecule has 0 fully saturated rings. The minimum absolute atomic E-state index is 0.00326. The molecule has 3 aromatic carbocycles. The smallest absolute Gasteiger partial charge is 0.253 e. The summed E-state index contributed by atoms with van der Waals surface area (Å²) in [6.45, 7) is 0. The van der Waals surface area contributed by atoms with Crippen LogP contribution in [0.1, 0.15) is 44.3 Å². The Hall–Kier alpha value is -3.17. The summed E-state index contributed by atoms with van der Waals surface area (Å²) >= 11 is 0. The van der Waals surface area contributed by atoms with Gasteiger partial charge in [0, 0.05) is 25.1 Å². The molecule has 2 aliphatic carbocycles. The van der Waals surface area contributed by atoms with Gasteiger partial charge in [0.15, 0.2) is 0 Å². The largest absolute Gasteiger partial charge is 0.387 e. The number of rotatable bonds is 4. The standard InChI is InChI=1S/C28H27NO2/c1-29(2)27(31)20-13-11-19(12-14-20)17-28(18-23-9-5-6-10-25(23)26(28)30)24-15-21-7-3-4-8-22(21)16-24/h3-15,26,30H,16-18H2,1-2H3/t26?,28-/m1/s1. The van der Waals surface area contributed by atoms with Gasteiger partial charge in [-0.05, 0) is 59.2 Å². The van der Waals surface area contributed by atoms with Gasteiger partial charge in [0.25, 0.3) is 5.91 Å². The van der Waals surface area contributed by atoms with Gasteiger partial charge < -0.3 is 10.0 Å². The zero-order valence-corrected chi connectivity index (χ0v) is 18.0. The first-order valence-corrected chi connectivity index (χ1v) is 10.8. The number of hydrogen-bond donors (Lipinski definition) is 1. The highest BCUT2D eigenvalue weighted by molar-refractivity contribution is 5.93. The maximum Gasteiger partial charge on any atom is 0.253 e. The number of hydrogen-bond acceptors (Lipinski definition) is 2. The minimum Gasteiger partial charge on any atom is -0.387 e. The van der Waals surface area contributed by atoms with Crippen molar-refractivity contribution in [2.24, 2.45) is 5.41 Å². The topological polar surface area (TPSA) is 40.5 Å². The fourth-order valence-electron chi connectivity index (χ4n) is 5.25. The van der Waals surface area contributed by atoms with E-state index in [0.29, 0.717) is 5.56 Å². The van der Waals surface area contributed by atoms with Gasteiger partial charge in [-0.1, -0.05) is 72.3 Å². The molecule has 2 aliphatic rings. The van der Waals surface area contributed by atoms with E-state index in [2.05, 4.69) is 48.5 Å². The molecular weight excluding hydrogens is 382 g/mol. The van der Waals surface area contributed by atoms with E-state index in [9.17, 15) is 9.90 Å². The second-order valence-corrected chi connectivity index (χ2v) is 9.05. The van der Waals surface area contributed by atoms with Gasteiger partial charge in [0.2, 0.25) is 0 Å². The van der Waals surface area contributed by atoms with E-state index in [-0.39, 0.29) is 11.3 Å². The lowest BCUT2D eigenvalue weighted by Crippen LogP contribution is -2.31. The molecule has 1 unspecified atom stereocenters. The first-order valence-electron chi connectivity index (χ1n) is 10.8. The Kier molecular flexibility index (Phi) is 4.79. The predicted molar refractivity (Wildman–Crippen MR) is 124 cm³/mol. The van der Waals surface area contributed by atoms with Crippen LogP contribution in [0.15, 0.2) is 78.4 Å². The Bertz CT molecular complexity index is 1180. The lowest BCUT2D eigenvalue weighted by molar-refractivity contribution is 0.0650. The SMILES string of the molecule is CN(C)C(=O)c1ccc(C[C@]2(C3=Cc4ccccc4C3)Cc3ccccc3C2O)cc1. The van der Waals surface area contributed by atoms with E-state index < -0.39 is 6.10 Å². The summed E-state index contributed by atoms with van der Waals surface area (Å²) in [6, 6.07) is 24.6. The molecule has 1 amide bonds. The highest BCUT2D eigenvalue weighted by atomic mass is 16.3. The van der Waals surface area contributed by atoms with Crippen LogP contribution < -0.4 is 0 Å². The molecule has 0 heterocycles. The van der Waals surface area contributed by atoms with Gasteiger partial charge in [-0.3, -0.25) is 4.79 Å². The third kappa shape index (κ3) is 3.30. The number of benzene rings is 3. The maximum absolute atomic E-state index is 12.3. The van der Waals surface area contributed by atoms with Gasteiger partial charge in [-0.15, -0.1) is 0 Å². The van der Waals surface area contributed by atoms with Crippen LogP contribution in [0.2, 0.25) is 0 Å². The number of aliphatic hydroxyl groups is 1. The molecule has 156 valence electrons. The highest BCUT2D eigenvalue weighted by Gasteiger charge is 2.48. The third-order valence-electron chi connectivity index (χ3n) is 6.91.